The molecule has 1 aliphatic heterocycles. The van der Waals surface area contributed by atoms with Crippen molar-refractivity contribution in [2.75, 3.05) is 25.0 Å². The molecule has 1 aliphatic rings. The highest BCUT2D eigenvalue weighted by Crippen LogP contribution is 2.34. The van der Waals surface area contributed by atoms with Crippen molar-refractivity contribution < 1.29 is 22.9 Å². The van der Waals surface area contributed by atoms with Crippen LogP contribution in [-0.2, 0) is 11.0 Å². The fraction of sp³-hybridized carbons (Fsp3) is 0.562. The zero-order valence-electron chi connectivity index (χ0n) is 13.8. The number of amides is 1. The molecule has 0 spiro atoms. The number of likely N-dealkylation sites (tertiary alicyclic amines) is 1. The lowest BCUT2D eigenvalue weighted by atomic mass is 10.00. The van der Waals surface area contributed by atoms with Gasteiger partial charge in [0.25, 0.3) is 5.69 Å². The van der Waals surface area contributed by atoms with E-state index in [-0.39, 0.29) is 24.6 Å². The Bertz CT molecular complexity index is 649. The molecule has 1 saturated heterocycles. The summed E-state index contributed by atoms with van der Waals surface area (Å²) < 4.78 is 38.0. The first-order chi connectivity index (χ1) is 11.7. The summed E-state index contributed by atoms with van der Waals surface area (Å²) >= 11 is 0. The van der Waals surface area contributed by atoms with Crippen molar-refractivity contribution >= 4 is 17.3 Å². The first-order valence-electron chi connectivity index (χ1n) is 8.05. The van der Waals surface area contributed by atoms with Crippen LogP contribution in [0.4, 0.5) is 24.5 Å². The second-order valence-corrected chi connectivity index (χ2v) is 6.25. The number of piperidine rings is 1. The van der Waals surface area contributed by atoms with Gasteiger partial charge >= 0.3 is 6.18 Å². The summed E-state index contributed by atoms with van der Waals surface area (Å²) in [7, 11) is 0. The van der Waals surface area contributed by atoms with Gasteiger partial charge < -0.3 is 10.2 Å². The maximum Gasteiger partial charge on any atom is 0.416 e. The SMILES string of the molecule is CC1CCCN(C(=O)CCNc2ccc(C(F)(F)F)cc2[N+](=O)[O-])C1. The number of nitro benzene ring substituents is 1. The molecule has 138 valence electrons. The summed E-state index contributed by atoms with van der Waals surface area (Å²) in [5, 5.41) is 13.7. The molecule has 0 aliphatic carbocycles. The Morgan fingerprint density at radius 3 is 2.76 bits per heavy atom. The predicted molar refractivity (Wildman–Crippen MR) is 86.2 cm³/mol. The smallest absolute Gasteiger partial charge is 0.379 e. The van der Waals surface area contributed by atoms with Gasteiger partial charge in [-0.3, -0.25) is 14.9 Å². The number of hydrogen-bond donors (Lipinski definition) is 1. The van der Waals surface area contributed by atoms with Crippen LogP contribution in [0.15, 0.2) is 18.2 Å². The van der Waals surface area contributed by atoms with Crippen molar-refractivity contribution in [3.05, 3.63) is 33.9 Å². The number of nitrogens with one attached hydrogen (secondary N) is 1. The number of benzene rings is 1. The van der Waals surface area contributed by atoms with E-state index < -0.39 is 22.4 Å². The van der Waals surface area contributed by atoms with Crippen molar-refractivity contribution in [1.29, 1.82) is 0 Å². The van der Waals surface area contributed by atoms with E-state index in [1.54, 1.807) is 4.90 Å². The molecule has 1 N–H and O–H groups in total. The van der Waals surface area contributed by atoms with E-state index >= 15 is 0 Å². The number of anilines is 1. The Morgan fingerprint density at radius 1 is 1.44 bits per heavy atom. The highest BCUT2D eigenvalue weighted by molar-refractivity contribution is 5.77. The van der Waals surface area contributed by atoms with Crippen molar-refractivity contribution in [2.24, 2.45) is 5.92 Å². The highest BCUT2D eigenvalue weighted by atomic mass is 19.4. The standard InChI is InChI=1S/C16H20F3N3O3/c1-11-3-2-8-21(10-11)15(23)6-7-20-13-5-4-12(16(17,18)19)9-14(13)22(24)25/h4-5,9,11,20H,2-3,6-8,10H2,1H3. The first kappa shape index (κ1) is 19.0. The van der Waals surface area contributed by atoms with Crippen LogP contribution in [0, 0.1) is 16.0 Å². The fourth-order valence-electron chi connectivity index (χ4n) is 2.89. The average Bonchev–Trinajstić information content (AvgIpc) is 2.53. The zero-order chi connectivity index (χ0) is 18.6. The molecule has 1 amide bonds. The molecule has 1 aromatic rings. The van der Waals surface area contributed by atoms with Crippen molar-refractivity contribution in [3.63, 3.8) is 0 Å². The van der Waals surface area contributed by atoms with Gasteiger partial charge in [-0.2, -0.15) is 13.2 Å². The highest BCUT2D eigenvalue weighted by Gasteiger charge is 2.33. The van der Waals surface area contributed by atoms with E-state index in [0.717, 1.165) is 25.0 Å². The third-order valence-electron chi connectivity index (χ3n) is 4.19. The minimum absolute atomic E-state index is 0.0298. The van der Waals surface area contributed by atoms with E-state index in [1.165, 1.54) is 0 Å². The van der Waals surface area contributed by atoms with Crippen LogP contribution in [0.3, 0.4) is 0 Å². The molecular weight excluding hydrogens is 339 g/mol. The maximum atomic E-state index is 12.7. The molecule has 1 fully saturated rings. The minimum atomic E-state index is -4.65. The largest absolute Gasteiger partial charge is 0.416 e. The second kappa shape index (κ2) is 7.71. The number of nitro groups is 1. The van der Waals surface area contributed by atoms with Crippen molar-refractivity contribution in [2.45, 2.75) is 32.4 Å². The maximum absolute atomic E-state index is 12.7. The normalized spacial score (nSPS) is 18.1. The summed E-state index contributed by atoms with van der Waals surface area (Å²) in [5.74, 6) is 0.385. The van der Waals surface area contributed by atoms with Gasteiger partial charge in [-0.25, -0.2) is 0 Å². The zero-order valence-corrected chi connectivity index (χ0v) is 13.8. The first-order valence-corrected chi connectivity index (χ1v) is 8.05. The summed E-state index contributed by atoms with van der Waals surface area (Å²) in [4.78, 5) is 24.0. The van der Waals surface area contributed by atoms with Crippen LogP contribution in [-0.4, -0.2) is 35.4 Å². The number of rotatable bonds is 5. The van der Waals surface area contributed by atoms with E-state index in [0.29, 0.717) is 25.1 Å². The number of nitrogens with zero attached hydrogens (tertiary/aromatic N) is 2. The van der Waals surface area contributed by atoms with Gasteiger partial charge in [0, 0.05) is 32.1 Å². The summed E-state index contributed by atoms with van der Waals surface area (Å²) in [6, 6.07) is 2.30. The lowest BCUT2D eigenvalue weighted by Gasteiger charge is -2.31. The van der Waals surface area contributed by atoms with Gasteiger partial charge in [-0.05, 0) is 30.9 Å². The summed E-state index contributed by atoms with van der Waals surface area (Å²) in [5.41, 5.74) is -1.77. The third kappa shape index (κ3) is 5.07. The van der Waals surface area contributed by atoms with Gasteiger partial charge in [-0.1, -0.05) is 6.92 Å². The molecule has 0 aromatic heterocycles. The van der Waals surface area contributed by atoms with Crippen LogP contribution in [0.5, 0.6) is 0 Å². The Labute approximate surface area is 143 Å². The van der Waals surface area contributed by atoms with E-state index in [9.17, 15) is 28.1 Å². The monoisotopic (exact) mass is 359 g/mol. The summed E-state index contributed by atoms with van der Waals surface area (Å²) in [6.45, 7) is 3.59. The number of carbonyl (C=O) groups excluding carboxylic acids is 1. The molecular formula is C16H20F3N3O3. The molecule has 0 bridgehead atoms. The Kier molecular flexibility index (Phi) is 5.86. The molecule has 2 rings (SSSR count). The molecule has 9 heteroatoms. The van der Waals surface area contributed by atoms with Crippen molar-refractivity contribution in [3.8, 4) is 0 Å². The van der Waals surface area contributed by atoms with Crippen LogP contribution in [0.2, 0.25) is 0 Å². The number of carbonyl (C=O) groups is 1. The van der Waals surface area contributed by atoms with Gasteiger partial charge in [0.05, 0.1) is 10.5 Å². The van der Waals surface area contributed by atoms with Crippen LogP contribution < -0.4 is 5.32 Å². The average molecular weight is 359 g/mol. The van der Waals surface area contributed by atoms with Crippen LogP contribution >= 0.6 is 0 Å². The van der Waals surface area contributed by atoms with Crippen LogP contribution in [0.25, 0.3) is 0 Å². The molecule has 0 saturated carbocycles. The third-order valence-corrected chi connectivity index (χ3v) is 4.19. The molecule has 1 unspecified atom stereocenters. The van der Waals surface area contributed by atoms with Gasteiger partial charge in [0.1, 0.15) is 5.69 Å². The molecule has 25 heavy (non-hydrogen) atoms. The van der Waals surface area contributed by atoms with E-state index in [4.69, 9.17) is 0 Å². The minimum Gasteiger partial charge on any atom is -0.379 e. The molecule has 1 aromatic carbocycles. The molecule has 1 heterocycles. The quantitative estimate of drug-likeness (QED) is 0.643. The predicted octanol–water partition coefficient (Wildman–Crippen LogP) is 3.67. The Balaban J connectivity index is 1.98. The fourth-order valence-corrected chi connectivity index (χ4v) is 2.89. The Hall–Kier alpha value is -2.32. The van der Waals surface area contributed by atoms with Gasteiger partial charge in [0.15, 0.2) is 0 Å². The van der Waals surface area contributed by atoms with Crippen LogP contribution in [0.1, 0.15) is 31.7 Å². The lowest BCUT2D eigenvalue weighted by Crippen LogP contribution is -2.39. The van der Waals surface area contributed by atoms with E-state index in [1.807, 2.05) is 0 Å². The van der Waals surface area contributed by atoms with Crippen molar-refractivity contribution in [1.82, 2.24) is 4.90 Å². The number of alkyl halides is 3. The Morgan fingerprint density at radius 2 is 2.16 bits per heavy atom. The van der Waals surface area contributed by atoms with Gasteiger partial charge in [0.2, 0.25) is 5.91 Å². The topological polar surface area (TPSA) is 75.5 Å². The lowest BCUT2D eigenvalue weighted by molar-refractivity contribution is -0.384. The molecule has 6 nitrogen and oxygen atoms in total. The molecule has 0 radical (unpaired) electrons. The van der Waals surface area contributed by atoms with Gasteiger partial charge in [-0.15, -0.1) is 0 Å². The molecule has 1 atom stereocenters. The summed E-state index contributed by atoms with van der Waals surface area (Å²) in [6.07, 6.45) is -2.49. The van der Waals surface area contributed by atoms with E-state index in [2.05, 4.69) is 12.2 Å². The second-order valence-electron chi connectivity index (χ2n) is 6.25. The number of hydrogen-bond acceptors (Lipinski definition) is 4. The number of halogens is 3.